The van der Waals surface area contributed by atoms with Gasteiger partial charge in [0.05, 0.1) is 0 Å². The molecular formula is C8H15ClFNO. The van der Waals surface area contributed by atoms with E-state index in [1.807, 2.05) is 18.7 Å². The van der Waals surface area contributed by atoms with Crippen LogP contribution >= 0.6 is 11.6 Å². The van der Waals surface area contributed by atoms with Gasteiger partial charge < -0.3 is 4.90 Å². The molecule has 2 nitrogen and oxygen atoms in total. The minimum atomic E-state index is -1.51. The Morgan fingerprint density at radius 3 is 2.33 bits per heavy atom. The van der Waals surface area contributed by atoms with Crippen LogP contribution in [0.15, 0.2) is 0 Å². The largest absolute Gasteiger partial charge is 0.304 e. The van der Waals surface area contributed by atoms with Gasteiger partial charge in [-0.25, -0.2) is 4.39 Å². The van der Waals surface area contributed by atoms with Crippen LogP contribution in [-0.4, -0.2) is 35.9 Å². The van der Waals surface area contributed by atoms with Gasteiger partial charge in [-0.3, -0.25) is 4.79 Å². The Labute approximate surface area is 77.7 Å². The maximum atomic E-state index is 12.7. The molecule has 0 unspecified atom stereocenters. The number of carbonyl (C=O) groups excluding carboxylic acids is 1. The van der Waals surface area contributed by atoms with Crippen molar-refractivity contribution < 1.29 is 9.18 Å². The maximum Gasteiger partial charge on any atom is 0.255 e. The molecule has 0 aromatic carbocycles. The molecule has 0 rings (SSSR count). The number of carbonyl (C=O) groups is 1. The molecule has 0 aromatic rings. The molecular weight excluding hydrogens is 181 g/mol. The smallest absolute Gasteiger partial charge is 0.255 e. The summed E-state index contributed by atoms with van der Waals surface area (Å²) in [5.74, 6) is 0. The van der Waals surface area contributed by atoms with E-state index in [2.05, 4.69) is 0 Å². The van der Waals surface area contributed by atoms with E-state index < -0.39 is 11.4 Å². The van der Waals surface area contributed by atoms with Gasteiger partial charge >= 0.3 is 0 Å². The van der Waals surface area contributed by atoms with Crippen molar-refractivity contribution in [1.82, 2.24) is 4.90 Å². The minimum absolute atomic E-state index is 0.198. The minimum Gasteiger partial charge on any atom is -0.304 e. The molecule has 0 amide bonds. The average molecular weight is 196 g/mol. The number of nitrogens with zero attached hydrogens (tertiary/aromatic N) is 1. The molecule has 0 radical (unpaired) electrons. The molecule has 0 bridgehead atoms. The van der Waals surface area contributed by atoms with Gasteiger partial charge in [0.1, 0.15) is 0 Å². The van der Waals surface area contributed by atoms with Crippen molar-refractivity contribution in [3.8, 4) is 0 Å². The lowest BCUT2D eigenvalue weighted by atomic mass is 10.3. The van der Waals surface area contributed by atoms with Crippen molar-refractivity contribution in [2.24, 2.45) is 0 Å². The van der Waals surface area contributed by atoms with Crippen molar-refractivity contribution >= 4 is 16.8 Å². The molecule has 0 saturated heterocycles. The van der Waals surface area contributed by atoms with Crippen molar-refractivity contribution in [1.29, 1.82) is 0 Å². The van der Waals surface area contributed by atoms with E-state index in [4.69, 9.17) is 11.6 Å². The van der Waals surface area contributed by atoms with E-state index in [-0.39, 0.29) is 6.42 Å². The molecule has 0 N–H and O–H groups in total. The first-order chi connectivity index (χ1) is 5.61. The van der Waals surface area contributed by atoms with Crippen LogP contribution in [0.2, 0.25) is 0 Å². The van der Waals surface area contributed by atoms with Gasteiger partial charge in [0, 0.05) is 6.54 Å². The molecule has 12 heavy (non-hydrogen) atoms. The molecule has 0 spiro atoms. The Morgan fingerprint density at radius 1 is 1.50 bits per heavy atom. The molecule has 0 saturated carbocycles. The summed E-state index contributed by atoms with van der Waals surface area (Å²) < 4.78 is 12.7. The van der Waals surface area contributed by atoms with Crippen LogP contribution in [0.4, 0.5) is 4.39 Å². The number of alkyl halides is 1. The lowest BCUT2D eigenvalue weighted by molar-refractivity contribution is -0.116. The second-order valence-electron chi connectivity index (χ2n) is 2.59. The van der Waals surface area contributed by atoms with Crippen LogP contribution in [0, 0.1) is 0 Å². The molecule has 0 fully saturated rings. The summed E-state index contributed by atoms with van der Waals surface area (Å²) in [4.78, 5) is 12.4. The molecule has 1 atom stereocenters. The van der Waals surface area contributed by atoms with E-state index in [9.17, 15) is 9.18 Å². The van der Waals surface area contributed by atoms with Crippen LogP contribution in [0.3, 0.4) is 0 Å². The first-order valence-corrected chi connectivity index (χ1v) is 4.55. The highest BCUT2D eigenvalue weighted by atomic mass is 35.5. The SMILES string of the molecule is CCN(CC)CC[C@@H](F)C(=O)Cl. The van der Waals surface area contributed by atoms with Crippen molar-refractivity contribution in [2.75, 3.05) is 19.6 Å². The molecule has 4 heteroatoms. The van der Waals surface area contributed by atoms with E-state index in [0.717, 1.165) is 13.1 Å². The average Bonchev–Trinajstić information content (AvgIpc) is 2.05. The highest BCUT2D eigenvalue weighted by Crippen LogP contribution is 2.04. The fourth-order valence-corrected chi connectivity index (χ4v) is 1.06. The van der Waals surface area contributed by atoms with Gasteiger partial charge in [-0.05, 0) is 31.1 Å². The first kappa shape index (κ1) is 11.8. The number of rotatable bonds is 6. The van der Waals surface area contributed by atoms with Crippen LogP contribution in [0.5, 0.6) is 0 Å². The van der Waals surface area contributed by atoms with Gasteiger partial charge in [0.25, 0.3) is 5.24 Å². The van der Waals surface area contributed by atoms with Gasteiger partial charge in [0.15, 0.2) is 6.17 Å². The Morgan fingerprint density at radius 2 is 2.00 bits per heavy atom. The quantitative estimate of drug-likeness (QED) is 0.603. The second-order valence-corrected chi connectivity index (χ2v) is 2.96. The van der Waals surface area contributed by atoms with Crippen molar-refractivity contribution in [2.45, 2.75) is 26.4 Å². The third-order valence-corrected chi connectivity index (χ3v) is 2.08. The maximum absolute atomic E-state index is 12.7. The van der Waals surface area contributed by atoms with Gasteiger partial charge in [-0.2, -0.15) is 0 Å². The molecule has 0 heterocycles. The lowest BCUT2D eigenvalue weighted by Crippen LogP contribution is -2.27. The molecule has 0 aromatic heterocycles. The van der Waals surface area contributed by atoms with Crippen LogP contribution in [0.25, 0.3) is 0 Å². The summed E-state index contributed by atoms with van der Waals surface area (Å²) >= 11 is 4.97. The van der Waals surface area contributed by atoms with E-state index in [1.54, 1.807) is 0 Å². The van der Waals surface area contributed by atoms with Crippen LogP contribution in [-0.2, 0) is 4.79 Å². The second kappa shape index (κ2) is 6.38. The number of hydrogen-bond donors (Lipinski definition) is 0. The highest BCUT2D eigenvalue weighted by Gasteiger charge is 2.14. The Hall–Kier alpha value is -0.150. The van der Waals surface area contributed by atoms with Crippen LogP contribution in [0.1, 0.15) is 20.3 Å². The van der Waals surface area contributed by atoms with Gasteiger partial charge in [0.2, 0.25) is 0 Å². The fourth-order valence-electron chi connectivity index (χ4n) is 0.949. The van der Waals surface area contributed by atoms with Crippen LogP contribution < -0.4 is 0 Å². The summed E-state index contributed by atoms with van der Waals surface area (Å²) in [6.45, 7) is 6.34. The standard InChI is InChI=1S/C8H15ClFNO/c1-3-11(4-2)6-5-7(10)8(9)12/h7H,3-6H2,1-2H3/t7-/m1/s1. The third-order valence-electron chi connectivity index (χ3n) is 1.84. The topological polar surface area (TPSA) is 20.3 Å². The summed E-state index contributed by atoms with van der Waals surface area (Å²) in [7, 11) is 0. The lowest BCUT2D eigenvalue weighted by Gasteiger charge is -2.17. The van der Waals surface area contributed by atoms with Crippen molar-refractivity contribution in [3.63, 3.8) is 0 Å². The fraction of sp³-hybridized carbons (Fsp3) is 0.875. The Bertz CT molecular complexity index is 139. The number of hydrogen-bond acceptors (Lipinski definition) is 2. The predicted octanol–water partition coefficient (Wildman–Crippen LogP) is 1.82. The highest BCUT2D eigenvalue weighted by molar-refractivity contribution is 6.64. The van der Waals surface area contributed by atoms with Crippen molar-refractivity contribution in [3.05, 3.63) is 0 Å². The molecule has 0 aliphatic heterocycles. The first-order valence-electron chi connectivity index (χ1n) is 4.17. The van der Waals surface area contributed by atoms with E-state index >= 15 is 0 Å². The van der Waals surface area contributed by atoms with Gasteiger partial charge in [-0.1, -0.05) is 13.8 Å². The summed E-state index contributed by atoms with van der Waals surface area (Å²) in [6.07, 6.45) is -1.31. The zero-order chi connectivity index (χ0) is 9.56. The monoisotopic (exact) mass is 195 g/mol. The predicted molar refractivity (Wildman–Crippen MR) is 48.2 cm³/mol. The van der Waals surface area contributed by atoms with E-state index in [0.29, 0.717) is 6.54 Å². The molecule has 0 aliphatic carbocycles. The van der Waals surface area contributed by atoms with Gasteiger partial charge in [-0.15, -0.1) is 0 Å². The molecule has 0 aliphatic rings. The zero-order valence-corrected chi connectivity index (χ0v) is 8.27. The van der Waals surface area contributed by atoms with E-state index in [1.165, 1.54) is 0 Å². The summed E-state index contributed by atoms with van der Waals surface area (Å²) in [5.41, 5.74) is 0. The molecule has 72 valence electrons. The third kappa shape index (κ3) is 4.67. The normalized spacial score (nSPS) is 13.4. The zero-order valence-electron chi connectivity index (χ0n) is 7.52. The summed E-state index contributed by atoms with van der Waals surface area (Å²) in [6, 6.07) is 0. The Kier molecular flexibility index (Phi) is 6.30. The summed E-state index contributed by atoms with van der Waals surface area (Å²) in [5, 5.41) is -0.887. The Balaban J connectivity index is 3.58. The number of halogens is 2.